The molecule has 0 spiro atoms. The Hall–Kier alpha value is -4.13. The van der Waals surface area contributed by atoms with Gasteiger partial charge in [-0.05, 0) is 42.0 Å². The van der Waals surface area contributed by atoms with Crippen molar-refractivity contribution < 1.29 is 23.4 Å². The molecule has 3 heterocycles. The summed E-state index contributed by atoms with van der Waals surface area (Å²) in [5, 5.41) is 0. The summed E-state index contributed by atoms with van der Waals surface area (Å²) in [5.74, 6) is 2.61. The third-order valence-electron chi connectivity index (χ3n) is 5.36. The number of hydrogen-bond acceptors (Lipinski definition) is 6. The van der Waals surface area contributed by atoms with Gasteiger partial charge in [0.2, 0.25) is 13.6 Å². The average Bonchev–Trinajstić information content (AvgIpc) is 3.52. The van der Waals surface area contributed by atoms with Gasteiger partial charge in [0.05, 0.1) is 12.2 Å². The number of ether oxygens (including phenoxy) is 4. The van der Waals surface area contributed by atoms with E-state index >= 15 is 0 Å². The fraction of sp³-hybridized carbons (Fsp3) is 0.125. The van der Waals surface area contributed by atoms with Gasteiger partial charge in [0.15, 0.2) is 28.8 Å². The van der Waals surface area contributed by atoms with Crippen LogP contribution in [0.1, 0.15) is 5.56 Å². The van der Waals surface area contributed by atoms with E-state index in [2.05, 4.69) is 0 Å². The summed E-state index contributed by atoms with van der Waals surface area (Å²) < 4.78 is 29.3. The van der Waals surface area contributed by atoms with Crippen molar-refractivity contribution in [1.82, 2.24) is 4.57 Å². The maximum Gasteiger partial charge on any atom is 0.420 e. The third-order valence-corrected chi connectivity index (χ3v) is 5.36. The van der Waals surface area contributed by atoms with Gasteiger partial charge in [-0.1, -0.05) is 30.3 Å². The lowest BCUT2D eigenvalue weighted by molar-refractivity contribution is 0.173. The molecule has 4 aromatic rings. The fourth-order valence-corrected chi connectivity index (χ4v) is 3.88. The Kier molecular flexibility index (Phi) is 3.99. The van der Waals surface area contributed by atoms with Crippen LogP contribution in [0.4, 0.5) is 0 Å². The van der Waals surface area contributed by atoms with Crippen molar-refractivity contribution in [1.29, 1.82) is 0 Å². The van der Waals surface area contributed by atoms with Crippen LogP contribution in [0, 0.1) is 0 Å². The van der Waals surface area contributed by atoms with Gasteiger partial charge in [0, 0.05) is 11.1 Å². The normalized spacial score (nSPS) is 13.5. The van der Waals surface area contributed by atoms with Gasteiger partial charge in [-0.15, -0.1) is 0 Å². The highest BCUT2D eigenvalue weighted by atomic mass is 16.7. The van der Waals surface area contributed by atoms with E-state index in [-0.39, 0.29) is 13.6 Å². The van der Waals surface area contributed by atoms with E-state index in [1.165, 1.54) is 0 Å². The molecular formula is C24H17NO6. The maximum absolute atomic E-state index is 13.0. The summed E-state index contributed by atoms with van der Waals surface area (Å²) in [6.45, 7) is 0.723. The van der Waals surface area contributed by atoms with Gasteiger partial charge in [-0.3, -0.25) is 4.57 Å². The molecule has 31 heavy (non-hydrogen) atoms. The van der Waals surface area contributed by atoms with E-state index in [9.17, 15) is 4.79 Å². The quantitative estimate of drug-likeness (QED) is 0.495. The fourth-order valence-electron chi connectivity index (χ4n) is 3.88. The highest BCUT2D eigenvalue weighted by Gasteiger charge is 2.24. The predicted molar refractivity (Wildman–Crippen MR) is 112 cm³/mol. The molecule has 0 unspecified atom stereocenters. The van der Waals surface area contributed by atoms with E-state index < -0.39 is 5.76 Å². The van der Waals surface area contributed by atoms with Crippen LogP contribution in [0.3, 0.4) is 0 Å². The molecule has 1 aromatic heterocycles. The largest absolute Gasteiger partial charge is 0.454 e. The van der Waals surface area contributed by atoms with E-state index in [1.54, 1.807) is 4.57 Å². The molecule has 0 radical (unpaired) electrons. The molecule has 0 bridgehead atoms. The highest BCUT2D eigenvalue weighted by Crippen LogP contribution is 2.41. The minimum absolute atomic E-state index is 0.173. The van der Waals surface area contributed by atoms with Crippen molar-refractivity contribution in [3.05, 3.63) is 82.8 Å². The first-order valence-electron chi connectivity index (χ1n) is 9.84. The van der Waals surface area contributed by atoms with E-state index in [1.807, 2.05) is 66.7 Å². The Morgan fingerprint density at radius 2 is 1.32 bits per heavy atom. The Morgan fingerprint density at radius 1 is 0.710 bits per heavy atom. The van der Waals surface area contributed by atoms with Crippen LogP contribution in [-0.4, -0.2) is 18.2 Å². The minimum Gasteiger partial charge on any atom is -0.454 e. The smallest absolute Gasteiger partial charge is 0.420 e. The van der Waals surface area contributed by atoms with Crippen LogP contribution in [0.15, 0.2) is 75.9 Å². The zero-order valence-electron chi connectivity index (χ0n) is 16.4. The summed E-state index contributed by atoms with van der Waals surface area (Å²) in [5.41, 5.74) is 3.16. The molecule has 6 rings (SSSR count). The topological polar surface area (TPSA) is 72.1 Å². The van der Waals surface area contributed by atoms with E-state index in [0.29, 0.717) is 41.0 Å². The van der Waals surface area contributed by atoms with Crippen molar-refractivity contribution in [2.45, 2.75) is 6.54 Å². The van der Waals surface area contributed by atoms with Gasteiger partial charge >= 0.3 is 5.76 Å². The molecule has 0 N–H and O–H groups in total. The van der Waals surface area contributed by atoms with Crippen molar-refractivity contribution in [2.75, 3.05) is 13.6 Å². The number of benzene rings is 3. The lowest BCUT2D eigenvalue weighted by Crippen LogP contribution is -2.16. The molecule has 3 aromatic carbocycles. The Morgan fingerprint density at radius 3 is 2.03 bits per heavy atom. The van der Waals surface area contributed by atoms with Crippen LogP contribution >= 0.6 is 0 Å². The maximum atomic E-state index is 13.0. The first-order chi connectivity index (χ1) is 15.3. The number of nitrogens with zero attached hydrogens (tertiary/aromatic N) is 1. The second kappa shape index (κ2) is 6.98. The number of hydrogen-bond donors (Lipinski definition) is 0. The first kappa shape index (κ1) is 17.7. The Bertz CT molecular complexity index is 1340. The van der Waals surface area contributed by atoms with Crippen LogP contribution in [-0.2, 0) is 6.54 Å². The van der Waals surface area contributed by atoms with Crippen molar-refractivity contribution in [3.8, 4) is 45.6 Å². The van der Waals surface area contributed by atoms with Crippen molar-refractivity contribution in [3.63, 3.8) is 0 Å². The second-order valence-electron chi connectivity index (χ2n) is 7.25. The highest BCUT2D eigenvalue weighted by molar-refractivity contribution is 5.79. The minimum atomic E-state index is -0.441. The predicted octanol–water partition coefficient (Wildman–Crippen LogP) is 4.28. The van der Waals surface area contributed by atoms with E-state index in [0.717, 1.165) is 16.7 Å². The Labute approximate surface area is 177 Å². The number of aromatic nitrogens is 1. The molecule has 0 aliphatic carbocycles. The van der Waals surface area contributed by atoms with E-state index in [4.69, 9.17) is 23.4 Å². The molecule has 0 saturated carbocycles. The monoisotopic (exact) mass is 415 g/mol. The first-order valence-corrected chi connectivity index (χ1v) is 9.84. The summed E-state index contributed by atoms with van der Waals surface area (Å²) in [6.07, 6.45) is 0. The summed E-state index contributed by atoms with van der Waals surface area (Å²) in [7, 11) is 0. The molecule has 0 saturated heterocycles. The molecule has 0 fully saturated rings. The second-order valence-corrected chi connectivity index (χ2v) is 7.25. The van der Waals surface area contributed by atoms with Gasteiger partial charge in [-0.25, -0.2) is 4.79 Å². The van der Waals surface area contributed by atoms with Crippen LogP contribution in [0.5, 0.6) is 23.0 Å². The van der Waals surface area contributed by atoms with Crippen molar-refractivity contribution in [2.24, 2.45) is 0 Å². The zero-order valence-corrected chi connectivity index (χ0v) is 16.4. The van der Waals surface area contributed by atoms with Gasteiger partial charge in [-0.2, -0.15) is 0 Å². The lowest BCUT2D eigenvalue weighted by Gasteiger charge is -2.10. The summed E-state index contributed by atoms with van der Waals surface area (Å²) in [6, 6.07) is 20.9. The number of rotatable bonds is 4. The lowest BCUT2D eigenvalue weighted by atomic mass is 10.0. The molecule has 0 amide bonds. The third kappa shape index (κ3) is 3.02. The van der Waals surface area contributed by atoms with Crippen molar-refractivity contribution >= 4 is 0 Å². The average molecular weight is 415 g/mol. The Balaban J connectivity index is 1.54. The standard InChI is InChI=1S/C24H17NO6/c26-24-25(12-15-4-2-1-3-5-15)22(16-6-8-18-20(10-16)29-13-27-18)23(31-24)17-7-9-19-21(11-17)30-14-28-19/h1-11H,12-14H2. The SMILES string of the molecule is O=c1oc(-c2ccc3c(c2)OCO3)c(-c2ccc3c(c2)OCO3)n1Cc1ccccc1. The number of oxazole rings is 1. The molecular weight excluding hydrogens is 398 g/mol. The summed E-state index contributed by atoms with van der Waals surface area (Å²) >= 11 is 0. The van der Waals surface area contributed by atoms with Gasteiger partial charge in [0.25, 0.3) is 0 Å². The molecule has 0 atom stereocenters. The van der Waals surface area contributed by atoms with Gasteiger partial charge < -0.3 is 23.4 Å². The molecule has 7 nitrogen and oxygen atoms in total. The van der Waals surface area contributed by atoms with Gasteiger partial charge in [0.1, 0.15) is 0 Å². The molecule has 7 heteroatoms. The van der Waals surface area contributed by atoms with Crippen LogP contribution < -0.4 is 24.7 Å². The molecule has 2 aliphatic rings. The summed E-state index contributed by atoms with van der Waals surface area (Å²) in [4.78, 5) is 13.0. The van der Waals surface area contributed by atoms with Crippen LogP contribution in [0.25, 0.3) is 22.6 Å². The van der Waals surface area contributed by atoms with Crippen LogP contribution in [0.2, 0.25) is 0 Å². The number of fused-ring (bicyclic) bond motifs is 2. The molecule has 2 aliphatic heterocycles. The zero-order chi connectivity index (χ0) is 20.8. The molecule has 154 valence electrons.